The number of rotatable bonds is 3. The first-order valence-electron chi connectivity index (χ1n) is 5.42. The molecule has 0 aromatic heterocycles. The number of nitrogens with zero attached hydrogens (tertiary/aromatic N) is 1. The normalized spacial score (nSPS) is 22.4. The van der Waals surface area contributed by atoms with Gasteiger partial charge in [-0.2, -0.15) is 0 Å². The van der Waals surface area contributed by atoms with Crippen LogP contribution in [0.25, 0.3) is 0 Å². The minimum Gasteiger partial charge on any atom is -0.376 e. The summed E-state index contributed by atoms with van der Waals surface area (Å²) in [5, 5.41) is 0. The summed E-state index contributed by atoms with van der Waals surface area (Å²) in [7, 11) is 2.11. The fourth-order valence-corrected chi connectivity index (χ4v) is 1.90. The van der Waals surface area contributed by atoms with E-state index in [1.165, 1.54) is 6.42 Å². The van der Waals surface area contributed by atoms with Crippen molar-refractivity contribution in [2.24, 2.45) is 5.41 Å². The van der Waals surface area contributed by atoms with Crippen LogP contribution in [0, 0.1) is 5.41 Å². The van der Waals surface area contributed by atoms with Gasteiger partial charge in [-0.15, -0.1) is 0 Å². The third-order valence-electron chi connectivity index (χ3n) is 2.50. The summed E-state index contributed by atoms with van der Waals surface area (Å²) in [6.45, 7) is 12.8. The molecule has 1 fully saturated rings. The maximum atomic E-state index is 5.61. The van der Waals surface area contributed by atoms with Crippen molar-refractivity contribution >= 4 is 0 Å². The smallest absolute Gasteiger partial charge is 0.0965 e. The molecular formula is C12H23NO. The Hall–Kier alpha value is -0.500. The van der Waals surface area contributed by atoms with Gasteiger partial charge in [0, 0.05) is 25.9 Å². The van der Waals surface area contributed by atoms with Gasteiger partial charge < -0.3 is 9.64 Å². The van der Waals surface area contributed by atoms with Gasteiger partial charge in [-0.1, -0.05) is 27.4 Å². The van der Waals surface area contributed by atoms with E-state index in [9.17, 15) is 0 Å². The molecule has 0 unspecified atom stereocenters. The third-order valence-corrected chi connectivity index (χ3v) is 2.50. The molecule has 1 heterocycles. The van der Waals surface area contributed by atoms with E-state index in [2.05, 4.69) is 39.3 Å². The molecule has 0 N–H and O–H groups in total. The van der Waals surface area contributed by atoms with Crippen molar-refractivity contribution < 1.29 is 4.74 Å². The third kappa shape index (κ3) is 3.33. The van der Waals surface area contributed by atoms with E-state index >= 15 is 0 Å². The second kappa shape index (κ2) is 4.35. The van der Waals surface area contributed by atoms with Crippen LogP contribution in [0.1, 0.15) is 33.6 Å². The number of hydrogen-bond donors (Lipinski definition) is 0. The van der Waals surface area contributed by atoms with E-state index in [4.69, 9.17) is 4.74 Å². The lowest BCUT2D eigenvalue weighted by atomic mass is 9.96. The van der Waals surface area contributed by atoms with Crippen molar-refractivity contribution in [1.29, 1.82) is 0 Å². The summed E-state index contributed by atoms with van der Waals surface area (Å²) in [4.78, 5) is 2.23. The summed E-state index contributed by atoms with van der Waals surface area (Å²) in [6, 6.07) is 0. The quantitative estimate of drug-likeness (QED) is 0.689. The van der Waals surface area contributed by atoms with Crippen molar-refractivity contribution in [3.8, 4) is 0 Å². The zero-order chi connectivity index (χ0) is 10.8. The van der Waals surface area contributed by atoms with Gasteiger partial charge in [0.2, 0.25) is 0 Å². The molecule has 0 amide bonds. The molecule has 14 heavy (non-hydrogen) atoms. The van der Waals surface area contributed by atoms with Crippen LogP contribution in [-0.4, -0.2) is 31.2 Å². The van der Waals surface area contributed by atoms with Gasteiger partial charge in [0.15, 0.2) is 0 Å². The van der Waals surface area contributed by atoms with Gasteiger partial charge >= 0.3 is 0 Å². The van der Waals surface area contributed by atoms with Gasteiger partial charge in [-0.05, 0) is 18.3 Å². The van der Waals surface area contributed by atoms with Crippen LogP contribution < -0.4 is 0 Å². The Bertz CT molecular complexity index is 199. The number of likely N-dealkylation sites (N-methyl/N-ethyl adjacent to an activating group) is 1. The fraction of sp³-hybridized carbons (Fsp3) is 0.833. The van der Waals surface area contributed by atoms with E-state index in [1.807, 2.05) is 0 Å². The van der Waals surface area contributed by atoms with E-state index in [-0.39, 0.29) is 6.10 Å². The standard InChI is InChI=1S/C12H23NO/c1-10(11-7-6-8-14-11)13(5)9-12(2,3)4/h11H,1,6-9H2,2-5H3/t11-/m0/s1. The summed E-state index contributed by atoms with van der Waals surface area (Å²) in [5.74, 6) is 0. The predicted octanol–water partition coefficient (Wildman–Crippen LogP) is 2.66. The Morgan fingerprint density at radius 2 is 2.14 bits per heavy atom. The molecule has 1 saturated heterocycles. The second-order valence-corrected chi connectivity index (χ2v) is 5.41. The molecule has 0 bridgehead atoms. The highest BCUT2D eigenvalue weighted by Crippen LogP contribution is 2.23. The molecule has 2 heteroatoms. The maximum Gasteiger partial charge on any atom is 0.0965 e. The lowest BCUT2D eigenvalue weighted by Crippen LogP contribution is -2.32. The summed E-state index contributed by atoms with van der Waals surface area (Å²) in [6.07, 6.45) is 2.57. The van der Waals surface area contributed by atoms with Crippen LogP contribution in [0.2, 0.25) is 0 Å². The van der Waals surface area contributed by atoms with Crippen molar-refractivity contribution in [3.63, 3.8) is 0 Å². The molecule has 0 radical (unpaired) electrons. The summed E-state index contributed by atoms with van der Waals surface area (Å²) in [5.41, 5.74) is 1.45. The van der Waals surface area contributed by atoms with E-state index in [0.717, 1.165) is 25.3 Å². The van der Waals surface area contributed by atoms with E-state index < -0.39 is 0 Å². The van der Waals surface area contributed by atoms with Crippen LogP contribution in [-0.2, 0) is 4.74 Å². The number of ether oxygens (including phenoxy) is 1. The van der Waals surface area contributed by atoms with Gasteiger partial charge in [0.05, 0.1) is 6.10 Å². The van der Waals surface area contributed by atoms with Crippen LogP contribution in [0.4, 0.5) is 0 Å². The van der Waals surface area contributed by atoms with E-state index in [0.29, 0.717) is 5.41 Å². The Morgan fingerprint density at radius 1 is 1.50 bits per heavy atom. The first-order chi connectivity index (χ1) is 6.40. The van der Waals surface area contributed by atoms with Crippen molar-refractivity contribution in [2.75, 3.05) is 20.2 Å². The molecule has 0 aromatic rings. The zero-order valence-electron chi connectivity index (χ0n) is 9.97. The SMILES string of the molecule is C=C([C@@H]1CCCO1)N(C)CC(C)(C)C. The second-order valence-electron chi connectivity index (χ2n) is 5.41. The molecular weight excluding hydrogens is 174 g/mol. The van der Waals surface area contributed by atoms with Crippen molar-refractivity contribution in [2.45, 2.75) is 39.7 Å². The molecule has 0 aromatic carbocycles. The average molecular weight is 197 g/mol. The van der Waals surface area contributed by atoms with Gasteiger partial charge in [0.25, 0.3) is 0 Å². The molecule has 0 aliphatic carbocycles. The Morgan fingerprint density at radius 3 is 2.57 bits per heavy atom. The molecule has 1 rings (SSSR count). The minimum absolute atomic E-state index is 0.266. The molecule has 2 nitrogen and oxygen atoms in total. The molecule has 1 aliphatic heterocycles. The highest BCUT2D eigenvalue weighted by atomic mass is 16.5. The highest BCUT2D eigenvalue weighted by Gasteiger charge is 2.23. The fourth-order valence-electron chi connectivity index (χ4n) is 1.90. The predicted molar refractivity (Wildman–Crippen MR) is 60.2 cm³/mol. The van der Waals surface area contributed by atoms with E-state index in [1.54, 1.807) is 0 Å². The summed E-state index contributed by atoms with van der Waals surface area (Å²) < 4.78 is 5.61. The van der Waals surface area contributed by atoms with Gasteiger partial charge in [-0.25, -0.2) is 0 Å². The van der Waals surface area contributed by atoms with Gasteiger partial charge in [0.1, 0.15) is 0 Å². The van der Waals surface area contributed by atoms with Crippen molar-refractivity contribution in [3.05, 3.63) is 12.3 Å². The Kier molecular flexibility index (Phi) is 3.59. The average Bonchev–Trinajstić information content (AvgIpc) is 2.51. The maximum absolute atomic E-state index is 5.61. The lowest BCUT2D eigenvalue weighted by Gasteiger charge is -2.31. The zero-order valence-corrected chi connectivity index (χ0v) is 9.97. The molecule has 82 valence electrons. The molecule has 1 aliphatic rings. The summed E-state index contributed by atoms with van der Waals surface area (Å²) >= 11 is 0. The molecule has 1 atom stereocenters. The van der Waals surface area contributed by atoms with Crippen LogP contribution >= 0.6 is 0 Å². The van der Waals surface area contributed by atoms with Crippen LogP contribution in [0.15, 0.2) is 12.3 Å². The van der Waals surface area contributed by atoms with Crippen molar-refractivity contribution in [1.82, 2.24) is 4.90 Å². The Balaban J connectivity index is 2.43. The number of hydrogen-bond acceptors (Lipinski definition) is 2. The van der Waals surface area contributed by atoms with Crippen LogP contribution in [0.3, 0.4) is 0 Å². The van der Waals surface area contributed by atoms with Crippen LogP contribution in [0.5, 0.6) is 0 Å². The lowest BCUT2D eigenvalue weighted by molar-refractivity contribution is 0.107. The first kappa shape index (κ1) is 11.6. The Labute approximate surface area is 87.9 Å². The molecule has 0 saturated carbocycles. The largest absolute Gasteiger partial charge is 0.376 e. The minimum atomic E-state index is 0.266. The molecule has 0 spiro atoms. The highest BCUT2D eigenvalue weighted by molar-refractivity contribution is 5.03. The monoisotopic (exact) mass is 197 g/mol. The first-order valence-corrected chi connectivity index (χ1v) is 5.42. The van der Waals surface area contributed by atoms with Gasteiger partial charge in [-0.3, -0.25) is 0 Å². The topological polar surface area (TPSA) is 12.5 Å².